The van der Waals surface area contributed by atoms with Crippen LogP contribution in [-0.4, -0.2) is 13.0 Å². The van der Waals surface area contributed by atoms with Crippen LogP contribution in [0.5, 0.6) is 5.75 Å². The van der Waals surface area contributed by atoms with Gasteiger partial charge in [-0.3, -0.25) is 4.79 Å². The molecule has 26 heavy (non-hydrogen) atoms. The minimum Gasteiger partial charge on any atom is -0.497 e. The van der Waals surface area contributed by atoms with Crippen molar-refractivity contribution in [3.8, 4) is 5.75 Å². The van der Waals surface area contributed by atoms with Crippen LogP contribution in [0.2, 0.25) is 0 Å². The highest BCUT2D eigenvalue weighted by molar-refractivity contribution is 5.88. The lowest BCUT2D eigenvalue weighted by molar-refractivity contribution is -0.122. The number of nitrogens with one attached hydrogen (secondary N) is 1. The molecule has 0 aromatic heterocycles. The smallest absolute Gasteiger partial charge is 0.227 e. The number of carbonyl (C=O) groups excluding carboxylic acids is 1. The van der Waals surface area contributed by atoms with E-state index in [-0.39, 0.29) is 17.9 Å². The standard InChI is InChI=1S/C23H25NO2/c1-15-7-5-6-8-22(15)17(3)24-23(25)16(2)18-9-10-20-14-21(26-4)12-11-19(20)13-18/h5-14,16-17H,1-4H3,(H,24,25)/t16-,17-/m0/s1. The van der Waals surface area contributed by atoms with E-state index >= 15 is 0 Å². The topological polar surface area (TPSA) is 38.3 Å². The number of amides is 1. The van der Waals surface area contributed by atoms with E-state index in [2.05, 4.69) is 30.4 Å². The maximum atomic E-state index is 12.7. The van der Waals surface area contributed by atoms with Crippen molar-refractivity contribution in [3.05, 3.63) is 77.4 Å². The third-order valence-corrected chi connectivity index (χ3v) is 4.98. The van der Waals surface area contributed by atoms with Crippen LogP contribution in [0, 0.1) is 6.92 Å². The van der Waals surface area contributed by atoms with Crippen molar-refractivity contribution in [1.82, 2.24) is 5.32 Å². The number of methoxy groups -OCH3 is 1. The Morgan fingerprint density at radius 1 is 0.962 bits per heavy atom. The molecule has 3 aromatic rings. The molecule has 0 fully saturated rings. The van der Waals surface area contributed by atoms with E-state index in [9.17, 15) is 4.79 Å². The molecule has 3 heteroatoms. The van der Waals surface area contributed by atoms with Crippen LogP contribution >= 0.6 is 0 Å². The van der Waals surface area contributed by atoms with E-state index in [1.807, 2.05) is 56.3 Å². The summed E-state index contributed by atoms with van der Waals surface area (Å²) >= 11 is 0. The van der Waals surface area contributed by atoms with Gasteiger partial charge in [-0.15, -0.1) is 0 Å². The molecule has 0 aliphatic carbocycles. The Balaban J connectivity index is 1.77. The largest absolute Gasteiger partial charge is 0.497 e. The minimum absolute atomic E-state index is 0.0177. The number of rotatable bonds is 5. The second-order valence-corrected chi connectivity index (χ2v) is 6.78. The summed E-state index contributed by atoms with van der Waals surface area (Å²) in [5.41, 5.74) is 3.35. The number of ether oxygens (including phenoxy) is 1. The van der Waals surface area contributed by atoms with Crippen LogP contribution in [0.25, 0.3) is 10.8 Å². The monoisotopic (exact) mass is 347 g/mol. The molecule has 134 valence electrons. The van der Waals surface area contributed by atoms with Crippen molar-refractivity contribution in [2.24, 2.45) is 0 Å². The summed E-state index contributed by atoms with van der Waals surface area (Å²) in [6.45, 7) is 6.04. The molecule has 0 aliphatic heterocycles. The lowest BCUT2D eigenvalue weighted by atomic mass is 9.96. The molecule has 0 radical (unpaired) electrons. The normalized spacial score (nSPS) is 13.2. The SMILES string of the molecule is COc1ccc2cc([C@H](C)C(=O)N[C@@H](C)c3ccccc3C)ccc2c1. The highest BCUT2D eigenvalue weighted by atomic mass is 16.5. The second kappa shape index (κ2) is 7.61. The van der Waals surface area contributed by atoms with Crippen LogP contribution in [0.3, 0.4) is 0 Å². The zero-order chi connectivity index (χ0) is 18.7. The van der Waals surface area contributed by atoms with Gasteiger partial charge in [0.25, 0.3) is 0 Å². The molecule has 1 N–H and O–H groups in total. The number of fused-ring (bicyclic) bond motifs is 1. The number of hydrogen-bond donors (Lipinski definition) is 1. The summed E-state index contributed by atoms with van der Waals surface area (Å²) in [6.07, 6.45) is 0. The second-order valence-electron chi connectivity index (χ2n) is 6.78. The zero-order valence-electron chi connectivity index (χ0n) is 15.7. The molecule has 0 bridgehead atoms. The third kappa shape index (κ3) is 3.72. The van der Waals surface area contributed by atoms with E-state index in [1.54, 1.807) is 7.11 Å². The zero-order valence-corrected chi connectivity index (χ0v) is 15.7. The molecule has 1 amide bonds. The molecule has 0 spiro atoms. The minimum atomic E-state index is -0.215. The van der Waals surface area contributed by atoms with E-state index in [0.717, 1.165) is 27.6 Å². The Bertz CT molecular complexity index is 932. The summed E-state index contributed by atoms with van der Waals surface area (Å²) in [6, 6.07) is 20.2. The molecule has 0 unspecified atom stereocenters. The quantitative estimate of drug-likeness (QED) is 0.694. The van der Waals surface area contributed by atoms with E-state index in [0.29, 0.717) is 0 Å². The van der Waals surface area contributed by atoms with Gasteiger partial charge in [0, 0.05) is 0 Å². The van der Waals surface area contributed by atoms with Crippen LogP contribution in [0.1, 0.15) is 42.5 Å². The van der Waals surface area contributed by atoms with Gasteiger partial charge in [-0.05, 0) is 60.4 Å². The van der Waals surface area contributed by atoms with Gasteiger partial charge in [-0.25, -0.2) is 0 Å². The molecule has 2 atom stereocenters. The molecule has 0 saturated carbocycles. The Labute approximate surface area is 155 Å². The predicted molar refractivity (Wildman–Crippen MR) is 107 cm³/mol. The van der Waals surface area contributed by atoms with E-state index in [4.69, 9.17) is 4.74 Å². The molecular formula is C23H25NO2. The van der Waals surface area contributed by atoms with Gasteiger partial charge in [0.2, 0.25) is 5.91 Å². The Hall–Kier alpha value is -2.81. The van der Waals surface area contributed by atoms with Gasteiger partial charge in [0.15, 0.2) is 0 Å². The average Bonchev–Trinajstić information content (AvgIpc) is 2.66. The Morgan fingerprint density at radius 3 is 2.38 bits per heavy atom. The summed E-state index contributed by atoms with van der Waals surface area (Å²) in [5, 5.41) is 5.35. The van der Waals surface area contributed by atoms with E-state index in [1.165, 1.54) is 5.56 Å². The van der Waals surface area contributed by atoms with Crippen molar-refractivity contribution < 1.29 is 9.53 Å². The number of hydrogen-bond acceptors (Lipinski definition) is 2. The first-order valence-electron chi connectivity index (χ1n) is 8.93. The summed E-state index contributed by atoms with van der Waals surface area (Å²) in [4.78, 5) is 12.7. The van der Waals surface area contributed by atoms with Crippen molar-refractivity contribution in [3.63, 3.8) is 0 Å². The van der Waals surface area contributed by atoms with Crippen molar-refractivity contribution >= 4 is 16.7 Å². The third-order valence-electron chi connectivity index (χ3n) is 4.98. The van der Waals surface area contributed by atoms with Crippen molar-refractivity contribution in [2.75, 3.05) is 7.11 Å². The van der Waals surface area contributed by atoms with Crippen LogP contribution in [0.4, 0.5) is 0 Å². The van der Waals surface area contributed by atoms with Gasteiger partial charge in [0.1, 0.15) is 5.75 Å². The molecule has 3 nitrogen and oxygen atoms in total. The molecular weight excluding hydrogens is 322 g/mol. The number of carbonyl (C=O) groups is 1. The van der Waals surface area contributed by atoms with E-state index < -0.39 is 0 Å². The fourth-order valence-electron chi connectivity index (χ4n) is 3.28. The highest BCUT2D eigenvalue weighted by Gasteiger charge is 2.19. The number of aryl methyl sites for hydroxylation is 1. The fourth-order valence-corrected chi connectivity index (χ4v) is 3.28. The van der Waals surface area contributed by atoms with Crippen molar-refractivity contribution in [1.29, 1.82) is 0 Å². The average molecular weight is 347 g/mol. The van der Waals surface area contributed by atoms with Gasteiger partial charge in [-0.2, -0.15) is 0 Å². The maximum absolute atomic E-state index is 12.7. The first-order valence-corrected chi connectivity index (χ1v) is 8.93. The Kier molecular flexibility index (Phi) is 5.27. The maximum Gasteiger partial charge on any atom is 0.227 e. The molecule has 3 rings (SSSR count). The predicted octanol–water partition coefficient (Wildman–Crippen LogP) is 5.14. The lowest BCUT2D eigenvalue weighted by Crippen LogP contribution is -2.30. The first-order chi connectivity index (χ1) is 12.5. The molecule has 0 saturated heterocycles. The molecule has 3 aromatic carbocycles. The van der Waals surface area contributed by atoms with Gasteiger partial charge < -0.3 is 10.1 Å². The molecule has 0 aliphatic rings. The van der Waals surface area contributed by atoms with Gasteiger partial charge >= 0.3 is 0 Å². The summed E-state index contributed by atoms with van der Waals surface area (Å²) < 4.78 is 5.27. The Morgan fingerprint density at radius 2 is 1.65 bits per heavy atom. The number of benzene rings is 3. The summed E-state index contributed by atoms with van der Waals surface area (Å²) in [7, 11) is 1.66. The van der Waals surface area contributed by atoms with Crippen LogP contribution in [0.15, 0.2) is 60.7 Å². The summed E-state index contributed by atoms with van der Waals surface area (Å²) in [5.74, 6) is 0.657. The van der Waals surface area contributed by atoms with Gasteiger partial charge in [0.05, 0.1) is 19.1 Å². The van der Waals surface area contributed by atoms with Gasteiger partial charge in [-0.1, -0.05) is 48.5 Å². The van der Waals surface area contributed by atoms with Crippen LogP contribution < -0.4 is 10.1 Å². The van der Waals surface area contributed by atoms with Crippen LogP contribution in [-0.2, 0) is 4.79 Å². The lowest BCUT2D eigenvalue weighted by Gasteiger charge is -2.20. The fraction of sp³-hybridized carbons (Fsp3) is 0.261. The molecule has 0 heterocycles. The van der Waals surface area contributed by atoms with Crippen molar-refractivity contribution in [2.45, 2.75) is 32.7 Å². The highest BCUT2D eigenvalue weighted by Crippen LogP contribution is 2.26. The first kappa shape index (κ1) is 18.0.